The Kier molecular flexibility index (Phi) is 9.61. The van der Waals surface area contributed by atoms with E-state index in [1.807, 2.05) is 6.07 Å². The quantitative estimate of drug-likeness (QED) is 0.281. The predicted octanol–water partition coefficient (Wildman–Crippen LogP) is 3.42. The summed E-state index contributed by atoms with van der Waals surface area (Å²) < 4.78 is 18.2. The van der Waals surface area contributed by atoms with Crippen LogP contribution in [0.15, 0.2) is 46.8 Å². The summed E-state index contributed by atoms with van der Waals surface area (Å²) in [6, 6.07) is 10.1. The van der Waals surface area contributed by atoms with Gasteiger partial charge < -0.3 is 15.8 Å². The number of nitrogens with two attached hydrogens (primary N) is 1. The zero-order valence-electron chi connectivity index (χ0n) is 12.7. The van der Waals surface area contributed by atoms with Gasteiger partial charge in [-0.15, -0.1) is 35.3 Å². The van der Waals surface area contributed by atoms with Crippen molar-refractivity contribution >= 4 is 41.3 Å². The number of nitrogens with zero attached hydrogens (tertiary/aromatic N) is 1. The minimum Gasteiger partial charge on any atom is -0.494 e. The van der Waals surface area contributed by atoms with E-state index in [-0.39, 0.29) is 29.8 Å². The molecule has 0 fully saturated rings. The molecule has 3 N–H and O–H groups in total. The van der Waals surface area contributed by atoms with Crippen LogP contribution in [0.25, 0.3) is 0 Å². The van der Waals surface area contributed by atoms with Crippen molar-refractivity contribution in [1.82, 2.24) is 5.32 Å². The van der Waals surface area contributed by atoms with E-state index in [2.05, 4.69) is 21.8 Å². The summed E-state index contributed by atoms with van der Waals surface area (Å²) in [6.07, 6.45) is 1.70. The van der Waals surface area contributed by atoms with E-state index >= 15 is 0 Å². The molecule has 4 nitrogen and oxygen atoms in total. The van der Waals surface area contributed by atoms with Crippen molar-refractivity contribution in [3.8, 4) is 5.75 Å². The number of halogens is 2. The average molecular weight is 449 g/mol. The fraction of sp³-hybridized carbons (Fsp3) is 0.312. The lowest BCUT2D eigenvalue weighted by atomic mass is 10.3. The zero-order chi connectivity index (χ0) is 15.6. The highest BCUT2D eigenvalue weighted by molar-refractivity contribution is 14.0. The Morgan fingerprint density at radius 2 is 2.04 bits per heavy atom. The molecule has 0 bridgehead atoms. The van der Waals surface area contributed by atoms with E-state index in [4.69, 9.17) is 10.5 Å². The monoisotopic (exact) mass is 449 g/mol. The normalized spacial score (nSPS) is 10.9. The van der Waals surface area contributed by atoms with Crippen LogP contribution >= 0.6 is 35.3 Å². The van der Waals surface area contributed by atoms with Gasteiger partial charge in [0.15, 0.2) is 5.96 Å². The Hall–Kier alpha value is -1.35. The molecule has 0 aliphatic carbocycles. The lowest BCUT2D eigenvalue weighted by Crippen LogP contribution is -2.33. The van der Waals surface area contributed by atoms with Gasteiger partial charge in [0.25, 0.3) is 0 Å². The minimum atomic E-state index is -0.265. The highest BCUT2D eigenvalue weighted by atomic mass is 127. The van der Waals surface area contributed by atoms with Crippen molar-refractivity contribution in [3.05, 3.63) is 52.5 Å². The van der Waals surface area contributed by atoms with Gasteiger partial charge in [0.1, 0.15) is 11.6 Å². The second-order valence-corrected chi connectivity index (χ2v) is 5.71. The summed E-state index contributed by atoms with van der Waals surface area (Å²) in [7, 11) is 0. The molecule has 0 atom stereocenters. The van der Waals surface area contributed by atoms with E-state index < -0.39 is 0 Å². The molecule has 2 aromatic rings. The Balaban J connectivity index is 0.00000264. The summed E-state index contributed by atoms with van der Waals surface area (Å²) in [6.45, 7) is 1.90. The topological polar surface area (TPSA) is 59.6 Å². The summed E-state index contributed by atoms with van der Waals surface area (Å²) in [5.74, 6) is 0.851. The summed E-state index contributed by atoms with van der Waals surface area (Å²) in [5, 5.41) is 5.15. The standard InChI is InChI=1S/C16H20FN3OS.HI/c17-13-4-6-14(7-5-13)21-11-2-9-19-16(18)20-10-8-15-3-1-12-22-15;/h1,3-7,12H,2,8-11H2,(H3,18,19,20);1H. The molecule has 126 valence electrons. The zero-order valence-corrected chi connectivity index (χ0v) is 15.9. The first-order valence-electron chi connectivity index (χ1n) is 7.18. The number of rotatable bonds is 8. The summed E-state index contributed by atoms with van der Waals surface area (Å²) >= 11 is 1.74. The van der Waals surface area contributed by atoms with Crippen molar-refractivity contribution in [2.45, 2.75) is 12.8 Å². The number of aliphatic imine (C=N–C) groups is 1. The lowest BCUT2D eigenvalue weighted by molar-refractivity contribution is 0.313. The Bertz CT molecular complexity index is 576. The molecule has 2 rings (SSSR count). The van der Waals surface area contributed by atoms with Gasteiger partial charge in [-0.2, -0.15) is 0 Å². The Labute approximate surface area is 157 Å². The Morgan fingerprint density at radius 1 is 1.26 bits per heavy atom. The highest BCUT2D eigenvalue weighted by Gasteiger charge is 1.96. The molecule has 23 heavy (non-hydrogen) atoms. The van der Waals surface area contributed by atoms with Crippen LogP contribution in [-0.4, -0.2) is 25.7 Å². The van der Waals surface area contributed by atoms with Gasteiger partial charge in [-0.05, 0) is 42.1 Å². The molecule has 0 spiro atoms. The first kappa shape index (κ1) is 19.7. The SMILES string of the molecule is I.NC(=NCCCOc1ccc(F)cc1)NCCc1cccs1. The first-order chi connectivity index (χ1) is 10.7. The molecule has 0 aliphatic rings. The van der Waals surface area contributed by atoms with E-state index in [0.717, 1.165) is 19.4 Å². The van der Waals surface area contributed by atoms with Crippen LogP contribution in [0, 0.1) is 5.82 Å². The second kappa shape index (κ2) is 11.2. The molecule has 0 unspecified atom stereocenters. The van der Waals surface area contributed by atoms with Gasteiger partial charge in [0.2, 0.25) is 0 Å². The number of benzene rings is 1. The molecule has 0 aliphatic heterocycles. The third kappa shape index (κ3) is 8.17. The number of thiophene rings is 1. The molecule has 0 amide bonds. The van der Waals surface area contributed by atoms with Gasteiger partial charge in [-0.25, -0.2) is 4.39 Å². The van der Waals surface area contributed by atoms with E-state index in [1.165, 1.54) is 17.0 Å². The van der Waals surface area contributed by atoms with Crippen LogP contribution in [0.1, 0.15) is 11.3 Å². The number of nitrogens with one attached hydrogen (secondary N) is 1. The molecule has 7 heteroatoms. The Morgan fingerprint density at radius 3 is 2.74 bits per heavy atom. The van der Waals surface area contributed by atoms with Crippen molar-refractivity contribution in [2.75, 3.05) is 19.7 Å². The largest absolute Gasteiger partial charge is 0.494 e. The number of hydrogen-bond donors (Lipinski definition) is 2. The van der Waals surface area contributed by atoms with Gasteiger partial charge in [0.05, 0.1) is 6.61 Å². The van der Waals surface area contributed by atoms with Gasteiger partial charge >= 0.3 is 0 Å². The number of hydrogen-bond acceptors (Lipinski definition) is 3. The van der Waals surface area contributed by atoms with Crippen LogP contribution in [0.2, 0.25) is 0 Å². The van der Waals surface area contributed by atoms with E-state index in [1.54, 1.807) is 23.5 Å². The summed E-state index contributed by atoms with van der Waals surface area (Å²) in [5.41, 5.74) is 5.78. The maximum absolute atomic E-state index is 12.7. The maximum Gasteiger partial charge on any atom is 0.188 e. The third-order valence-corrected chi connectivity index (χ3v) is 3.86. The fourth-order valence-electron chi connectivity index (χ4n) is 1.81. The molecule has 0 saturated heterocycles. The maximum atomic E-state index is 12.7. The van der Waals surface area contributed by atoms with Crippen LogP contribution in [-0.2, 0) is 6.42 Å². The van der Waals surface area contributed by atoms with E-state index in [9.17, 15) is 4.39 Å². The molecule has 1 aromatic carbocycles. The fourth-order valence-corrected chi connectivity index (χ4v) is 2.52. The molecule has 0 saturated carbocycles. The first-order valence-corrected chi connectivity index (χ1v) is 8.06. The molecular weight excluding hydrogens is 428 g/mol. The third-order valence-electron chi connectivity index (χ3n) is 2.92. The molecular formula is C16H21FIN3OS. The molecule has 1 heterocycles. The van der Waals surface area contributed by atoms with Crippen LogP contribution in [0.4, 0.5) is 4.39 Å². The minimum absolute atomic E-state index is 0. The van der Waals surface area contributed by atoms with Crippen LogP contribution < -0.4 is 15.8 Å². The summed E-state index contributed by atoms with van der Waals surface area (Å²) in [4.78, 5) is 5.56. The van der Waals surface area contributed by atoms with Crippen molar-refractivity contribution in [1.29, 1.82) is 0 Å². The predicted molar refractivity (Wildman–Crippen MR) is 104 cm³/mol. The molecule has 1 aromatic heterocycles. The van der Waals surface area contributed by atoms with Crippen LogP contribution in [0.3, 0.4) is 0 Å². The second-order valence-electron chi connectivity index (χ2n) is 4.68. The average Bonchev–Trinajstić information content (AvgIpc) is 3.02. The number of ether oxygens (including phenoxy) is 1. The van der Waals surface area contributed by atoms with Crippen molar-refractivity contribution in [2.24, 2.45) is 10.7 Å². The van der Waals surface area contributed by atoms with Gasteiger partial charge in [-0.3, -0.25) is 4.99 Å². The van der Waals surface area contributed by atoms with Gasteiger partial charge in [-0.1, -0.05) is 6.07 Å². The smallest absolute Gasteiger partial charge is 0.188 e. The van der Waals surface area contributed by atoms with Gasteiger partial charge in [0, 0.05) is 24.4 Å². The lowest BCUT2D eigenvalue weighted by Gasteiger charge is -2.06. The van der Waals surface area contributed by atoms with Crippen LogP contribution in [0.5, 0.6) is 5.75 Å². The highest BCUT2D eigenvalue weighted by Crippen LogP contribution is 2.11. The van der Waals surface area contributed by atoms with Crippen molar-refractivity contribution < 1.29 is 9.13 Å². The van der Waals surface area contributed by atoms with Crippen molar-refractivity contribution in [3.63, 3.8) is 0 Å². The van der Waals surface area contributed by atoms with E-state index in [0.29, 0.717) is 24.9 Å². The number of guanidine groups is 1. The molecule has 0 radical (unpaired) electrons.